The van der Waals surface area contributed by atoms with Gasteiger partial charge in [-0.05, 0) is 13.5 Å². The number of halogens is 3. The van der Waals surface area contributed by atoms with E-state index in [1.807, 2.05) is 6.92 Å². The molecule has 3 nitrogen and oxygen atoms in total. The molecule has 1 N–H and O–H groups in total. The van der Waals surface area contributed by atoms with Gasteiger partial charge in [0.15, 0.2) is 0 Å². The summed E-state index contributed by atoms with van der Waals surface area (Å²) in [5.41, 5.74) is 0.159. The van der Waals surface area contributed by atoms with Crippen LogP contribution in [0.3, 0.4) is 0 Å². The molecule has 1 atom stereocenters. The molecule has 0 fully saturated rings. The molecule has 0 aliphatic rings. The second-order valence-corrected chi connectivity index (χ2v) is 3.28. The Kier molecular flexibility index (Phi) is 3.73. The van der Waals surface area contributed by atoms with Gasteiger partial charge in [-0.3, -0.25) is 0 Å². The first-order valence-corrected chi connectivity index (χ1v) is 4.74. The van der Waals surface area contributed by atoms with Crippen molar-refractivity contribution < 1.29 is 13.2 Å². The molecule has 1 aromatic rings. The molecule has 15 heavy (non-hydrogen) atoms. The van der Waals surface area contributed by atoms with Crippen LogP contribution in [-0.4, -0.2) is 22.8 Å². The Hall–Kier alpha value is -1.04. The van der Waals surface area contributed by atoms with E-state index in [-0.39, 0.29) is 5.69 Å². The first-order valence-electron chi connectivity index (χ1n) is 4.74. The van der Waals surface area contributed by atoms with E-state index in [0.717, 1.165) is 6.42 Å². The van der Waals surface area contributed by atoms with E-state index in [0.29, 0.717) is 6.54 Å². The van der Waals surface area contributed by atoms with Crippen LogP contribution in [0.5, 0.6) is 0 Å². The number of alkyl halides is 3. The number of nitrogens with zero attached hydrogens (tertiary/aromatic N) is 2. The van der Waals surface area contributed by atoms with Gasteiger partial charge in [-0.15, -0.1) is 0 Å². The molecule has 0 aliphatic carbocycles. The van der Waals surface area contributed by atoms with E-state index in [2.05, 4.69) is 10.3 Å². The van der Waals surface area contributed by atoms with E-state index in [1.165, 1.54) is 24.1 Å². The normalized spacial score (nSPS) is 14.2. The van der Waals surface area contributed by atoms with E-state index in [1.54, 1.807) is 0 Å². The summed E-state index contributed by atoms with van der Waals surface area (Å²) in [5, 5.41) is 2.26. The predicted octanol–water partition coefficient (Wildman–Crippen LogP) is 2.12. The minimum atomic E-state index is -4.29. The molecule has 86 valence electrons. The molecule has 0 saturated carbocycles. The minimum Gasteiger partial charge on any atom is -0.333 e. The van der Waals surface area contributed by atoms with Crippen molar-refractivity contribution in [1.29, 1.82) is 0 Å². The van der Waals surface area contributed by atoms with Crippen molar-refractivity contribution in [1.82, 2.24) is 14.9 Å². The van der Waals surface area contributed by atoms with E-state index < -0.39 is 12.2 Å². The molecule has 0 spiro atoms. The fourth-order valence-corrected chi connectivity index (χ4v) is 1.48. The fraction of sp³-hybridized carbons (Fsp3) is 0.667. The lowest BCUT2D eigenvalue weighted by Gasteiger charge is -2.20. The van der Waals surface area contributed by atoms with Gasteiger partial charge >= 0.3 is 6.18 Å². The highest BCUT2D eigenvalue weighted by Crippen LogP contribution is 2.32. The highest BCUT2D eigenvalue weighted by atomic mass is 19.4. The van der Waals surface area contributed by atoms with Crippen LogP contribution in [-0.2, 0) is 6.54 Å². The SMILES string of the molecule is CCCn1cncc1C(NC)C(F)(F)F. The van der Waals surface area contributed by atoms with Gasteiger partial charge in [0.2, 0.25) is 0 Å². The second-order valence-electron chi connectivity index (χ2n) is 3.28. The second kappa shape index (κ2) is 4.65. The summed E-state index contributed by atoms with van der Waals surface area (Å²) in [6, 6.07) is -1.65. The number of aryl methyl sites for hydroxylation is 1. The monoisotopic (exact) mass is 221 g/mol. The molecule has 1 rings (SSSR count). The molecular formula is C9H14F3N3. The van der Waals surface area contributed by atoms with Gasteiger partial charge < -0.3 is 9.88 Å². The Morgan fingerprint density at radius 1 is 1.53 bits per heavy atom. The Bertz CT molecular complexity index is 306. The molecule has 6 heteroatoms. The average molecular weight is 221 g/mol. The average Bonchev–Trinajstić information content (AvgIpc) is 2.53. The summed E-state index contributed by atoms with van der Waals surface area (Å²) in [5.74, 6) is 0. The van der Waals surface area contributed by atoms with Gasteiger partial charge in [-0.2, -0.15) is 13.2 Å². The summed E-state index contributed by atoms with van der Waals surface area (Å²) >= 11 is 0. The fourth-order valence-electron chi connectivity index (χ4n) is 1.48. The third kappa shape index (κ3) is 2.71. The molecule has 0 amide bonds. The largest absolute Gasteiger partial charge is 0.409 e. The lowest BCUT2D eigenvalue weighted by molar-refractivity contribution is -0.157. The number of aromatic nitrogens is 2. The van der Waals surface area contributed by atoms with Gasteiger partial charge in [-0.25, -0.2) is 4.98 Å². The van der Waals surface area contributed by atoms with Gasteiger partial charge in [0.1, 0.15) is 6.04 Å². The Morgan fingerprint density at radius 2 is 2.20 bits per heavy atom. The van der Waals surface area contributed by atoms with Gasteiger partial charge in [0.05, 0.1) is 18.2 Å². The van der Waals surface area contributed by atoms with Crippen molar-refractivity contribution >= 4 is 0 Å². The maximum atomic E-state index is 12.6. The van der Waals surface area contributed by atoms with E-state index in [9.17, 15) is 13.2 Å². The zero-order valence-electron chi connectivity index (χ0n) is 8.67. The van der Waals surface area contributed by atoms with Crippen molar-refractivity contribution in [2.45, 2.75) is 32.1 Å². The summed E-state index contributed by atoms with van der Waals surface area (Å²) in [4.78, 5) is 3.75. The number of imidazole rings is 1. The quantitative estimate of drug-likeness (QED) is 0.844. The van der Waals surface area contributed by atoms with Gasteiger partial charge in [0.25, 0.3) is 0 Å². The van der Waals surface area contributed by atoms with Crippen LogP contribution < -0.4 is 5.32 Å². The van der Waals surface area contributed by atoms with Crippen LogP contribution >= 0.6 is 0 Å². The maximum Gasteiger partial charge on any atom is 0.409 e. The summed E-state index contributed by atoms with van der Waals surface area (Å²) in [7, 11) is 1.29. The summed E-state index contributed by atoms with van der Waals surface area (Å²) in [6.45, 7) is 2.45. The molecule has 0 aromatic carbocycles. The molecule has 1 aromatic heterocycles. The van der Waals surface area contributed by atoms with Crippen LogP contribution in [0.1, 0.15) is 25.1 Å². The maximum absolute atomic E-state index is 12.6. The van der Waals surface area contributed by atoms with Gasteiger partial charge in [0, 0.05) is 6.54 Å². The van der Waals surface area contributed by atoms with Gasteiger partial charge in [-0.1, -0.05) is 6.92 Å². The first-order chi connectivity index (χ1) is 7.00. The van der Waals surface area contributed by atoms with Crippen LogP contribution in [0.2, 0.25) is 0 Å². The Morgan fingerprint density at radius 3 is 2.67 bits per heavy atom. The predicted molar refractivity (Wildman–Crippen MR) is 50.4 cm³/mol. The molecule has 0 bridgehead atoms. The van der Waals surface area contributed by atoms with Crippen molar-refractivity contribution in [2.75, 3.05) is 7.05 Å². The molecule has 0 saturated heterocycles. The van der Waals surface area contributed by atoms with E-state index in [4.69, 9.17) is 0 Å². The summed E-state index contributed by atoms with van der Waals surface area (Å²) < 4.78 is 39.3. The molecule has 1 heterocycles. The molecular weight excluding hydrogens is 207 g/mol. The Labute approximate surface area is 86.3 Å². The van der Waals surface area contributed by atoms with Crippen LogP contribution in [0.4, 0.5) is 13.2 Å². The topological polar surface area (TPSA) is 29.9 Å². The lowest BCUT2D eigenvalue weighted by atomic mass is 10.2. The summed E-state index contributed by atoms with van der Waals surface area (Å²) in [6.07, 6.45) is -0.836. The van der Waals surface area contributed by atoms with Crippen LogP contribution in [0.25, 0.3) is 0 Å². The Balaban J connectivity index is 2.96. The lowest BCUT2D eigenvalue weighted by Crippen LogP contribution is -2.33. The highest BCUT2D eigenvalue weighted by Gasteiger charge is 2.41. The minimum absolute atomic E-state index is 0.159. The molecule has 0 aliphatic heterocycles. The van der Waals surface area contributed by atoms with Crippen molar-refractivity contribution in [3.8, 4) is 0 Å². The van der Waals surface area contributed by atoms with Crippen molar-refractivity contribution in [2.24, 2.45) is 0 Å². The molecule has 0 radical (unpaired) electrons. The van der Waals surface area contributed by atoms with Crippen LogP contribution in [0, 0.1) is 0 Å². The number of hydrogen-bond acceptors (Lipinski definition) is 2. The first kappa shape index (κ1) is 12.0. The third-order valence-corrected chi connectivity index (χ3v) is 2.12. The van der Waals surface area contributed by atoms with E-state index >= 15 is 0 Å². The highest BCUT2D eigenvalue weighted by molar-refractivity contribution is 5.07. The standard InChI is InChI=1S/C9H14F3N3/c1-3-4-15-6-14-5-7(15)8(13-2)9(10,11)12/h5-6,8,13H,3-4H2,1-2H3. The zero-order valence-corrected chi connectivity index (χ0v) is 8.67. The number of hydrogen-bond donors (Lipinski definition) is 1. The number of nitrogens with one attached hydrogen (secondary N) is 1. The molecule has 1 unspecified atom stereocenters. The van der Waals surface area contributed by atoms with Crippen molar-refractivity contribution in [3.63, 3.8) is 0 Å². The van der Waals surface area contributed by atoms with Crippen LogP contribution in [0.15, 0.2) is 12.5 Å². The zero-order chi connectivity index (χ0) is 11.5. The number of rotatable bonds is 4. The third-order valence-electron chi connectivity index (χ3n) is 2.12. The van der Waals surface area contributed by atoms with Crippen molar-refractivity contribution in [3.05, 3.63) is 18.2 Å². The smallest absolute Gasteiger partial charge is 0.333 e.